The average Bonchev–Trinajstić information content (AvgIpc) is 2.27. The lowest BCUT2D eigenvalue weighted by atomic mass is 9.88. The van der Waals surface area contributed by atoms with E-state index in [4.69, 9.17) is 11.6 Å². The smallest absolute Gasteiger partial charge is 0.287 e. The summed E-state index contributed by atoms with van der Waals surface area (Å²) in [6, 6.07) is 0.173. The minimum Gasteiger partial charge on any atom is -0.379 e. The molecule has 18 heavy (non-hydrogen) atoms. The van der Waals surface area contributed by atoms with Gasteiger partial charge in [-0.05, 0) is 12.3 Å². The fourth-order valence-corrected chi connectivity index (χ4v) is 1.47. The van der Waals surface area contributed by atoms with Gasteiger partial charge in [-0.25, -0.2) is 4.68 Å². The monoisotopic (exact) mass is 269 g/mol. The zero-order valence-electron chi connectivity index (χ0n) is 11.3. The number of allylic oxidation sites excluding steroid dienone is 1. The van der Waals surface area contributed by atoms with E-state index in [2.05, 4.69) is 37.8 Å². The zero-order chi connectivity index (χ0) is 13.9. The first-order valence-electron chi connectivity index (χ1n) is 5.90. The lowest BCUT2D eigenvalue weighted by Crippen LogP contribution is -2.32. The Hall–Kier alpha value is -1.29. The Labute approximate surface area is 113 Å². The SMILES string of the molecule is C=CCn1ncc(NC(C)C(C)(C)C)c(Cl)c1=O. The highest BCUT2D eigenvalue weighted by Crippen LogP contribution is 2.24. The van der Waals surface area contributed by atoms with Crippen LogP contribution >= 0.6 is 11.6 Å². The van der Waals surface area contributed by atoms with Crippen LogP contribution in [0.3, 0.4) is 0 Å². The second kappa shape index (κ2) is 5.57. The molecule has 1 N–H and O–H groups in total. The van der Waals surface area contributed by atoms with E-state index >= 15 is 0 Å². The summed E-state index contributed by atoms with van der Waals surface area (Å²) in [6.45, 7) is 12.3. The summed E-state index contributed by atoms with van der Waals surface area (Å²) in [7, 11) is 0. The molecule has 1 heterocycles. The van der Waals surface area contributed by atoms with Crippen LogP contribution in [0.15, 0.2) is 23.6 Å². The first-order chi connectivity index (χ1) is 8.27. The van der Waals surface area contributed by atoms with Crippen LogP contribution in [0.25, 0.3) is 0 Å². The van der Waals surface area contributed by atoms with E-state index in [0.29, 0.717) is 12.2 Å². The van der Waals surface area contributed by atoms with Crippen molar-refractivity contribution in [3.8, 4) is 0 Å². The van der Waals surface area contributed by atoms with Crippen LogP contribution in [-0.2, 0) is 6.54 Å². The number of aromatic nitrogens is 2. The molecule has 0 fully saturated rings. The number of rotatable bonds is 4. The average molecular weight is 270 g/mol. The van der Waals surface area contributed by atoms with Gasteiger partial charge in [0, 0.05) is 6.04 Å². The summed E-state index contributed by atoms with van der Waals surface area (Å²) in [5, 5.41) is 7.45. The normalized spacial score (nSPS) is 13.2. The van der Waals surface area contributed by atoms with Crippen LogP contribution < -0.4 is 10.9 Å². The molecule has 0 aliphatic heterocycles. The van der Waals surface area contributed by atoms with Gasteiger partial charge in [-0.3, -0.25) is 4.79 Å². The fraction of sp³-hybridized carbons (Fsp3) is 0.538. The second-order valence-corrected chi connectivity index (χ2v) is 5.76. The Morgan fingerprint density at radius 1 is 1.61 bits per heavy atom. The molecule has 0 saturated carbocycles. The molecule has 1 unspecified atom stereocenters. The first-order valence-corrected chi connectivity index (χ1v) is 6.28. The van der Waals surface area contributed by atoms with Gasteiger partial charge in [0.2, 0.25) is 0 Å². The Morgan fingerprint density at radius 2 is 2.22 bits per heavy atom. The summed E-state index contributed by atoms with van der Waals surface area (Å²) in [5.41, 5.74) is 0.339. The highest BCUT2D eigenvalue weighted by Gasteiger charge is 2.21. The number of halogens is 1. The molecule has 0 aromatic carbocycles. The molecular weight excluding hydrogens is 250 g/mol. The molecule has 100 valence electrons. The number of anilines is 1. The molecule has 5 heteroatoms. The van der Waals surface area contributed by atoms with Crippen LogP contribution in [0.1, 0.15) is 27.7 Å². The number of nitrogens with zero attached hydrogens (tertiary/aromatic N) is 2. The van der Waals surface area contributed by atoms with Crippen LogP contribution in [-0.4, -0.2) is 15.8 Å². The molecule has 0 spiro atoms. The maximum Gasteiger partial charge on any atom is 0.287 e. The molecule has 0 aliphatic rings. The lowest BCUT2D eigenvalue weighted by Gasteiger charge is -2.29. The Bertz CT molecular complexity index is 488. The standard InChI is InChI=1S/C13H20ClN3O/c1-6-7-17-12(18)11(14)10(8-15-17)16-9(2)13(3,4)5/h6,8-9,16H,1,7H2,2-5H3. The highest BCUT2D eigenvalue weighted by atomic mass is 35.5. The topological polar surface area (TPSA) is 46.9 Å². The van der Waals surface area contributed by atoms with Gasteiger partial charge < -0.3 is 5.32 Å². The predicted octanol–water partition coefficient (Wildman–Crippen LogP) is 2.93. The van der Waals surface area contributed by atoms with Gasteiger partial charge in [-0.2, -0.15) is 5.10 Å². The van der Waals surface area contributed by atoms with Crippen LogP contribution in [0.5, 0.6) is 0 Å². The van der Waals surface area contributed by atoms with Crippen molar-refractivity contribution in [3.63, 3.8) is 0 Å². The van der Waals surface area contributed by atoms with Crippen molar-refractivity contribution >= 4 is 17.3 Å². The van der Waals surface area contributed by atoms with Crippen LogP contribution in [0, 0.1) is 5.41 Å². The van der Waals surface area contributed by atoms with Crippen molar-refractivity contribution in [2.45, 2.75) is 40.3 Å². The van der Waals surface area contributed by atoms with E-state index in [1.807, 2.05) is 6.92 Å². The van der Waals surface area contributed by atoms with Gasteiger partial charge in [0.15, 0.2) is 0 Å². The van der Waals surface area contributed by atoms with Crippen molar-refractivity contribution < 1.29 is 0 Å². The molecule has 0 amide bonds. The molecular formula is C13H20ClN3O. The van der Waals surface area contributed by atoms with E-state index < -0.39 is 0 Å². The quantitative estimate of drug-likeness (QED) is 0.855. The van der Waals surface area contributed by atoms with Gasteiger partial charge >= 0.3 is 0 Å². The third-order valence-corrected chi connectivity index (χ3v) is 3.32. The minimum atomic E-state index is -0.303. The Kier molecular flexibility index (Phi) is 4.57. The third kappa shape index (κ3) is 3.35. The number of hydrogen-bond donors (Lipinski definition) is 1. The lowest BCUT2D eigenvalue weighted by molar-refractivity contribution is 0.359. The molecule has 0 bridgehead atoms. The molecule has 0 saturated heterocycles. The van der Waals surface area contributed by atoms with Gasteiger partial charge in [-0.15, -0.1) is 6.58 Å². The summed E-state index contributed by atoms with van der Waals surface area (Å²) in [6.07, 6.45) is 3.19. The van der Waals surface area contributed by atoms with Crippen LogP contribution in [0.2, 0.25) is 5.02 Å². The maximum atomic E-state index is 11.9. The molecule has 1 aromatic heterocycles. The summed E-state index contributed by atoms with van der Waals surface area (Å²) in [5.74, 6) is 0. The zero-order valence-corrected chi connectivity index (χ0v) is 12.1. The Morgan fingerprint density at radius 3 is 2.72 bits per heavy atom. The Balaban J connectivity index is 3.03. The minimum absolute atomic E-state index is 0.0688. The highest BCUT2D eigenvalue weighted by molar-refractivity contribution is 6.32. The molecule has 0 radical (unpaired) electrons. The van der Waals surface area contributed by atoms with Crippen molar-refractivity contribution in [2.24, 2.45) is 5.41 Å². The number of hydrogen-bond acceptors (Lipinski definition) is 3. The molecule has 0 aliphatic carbocycles. The summed E-state index contributed by atoms with van der Waals surface area (Å²) < 4.78 is 1.28. The van der Waals surface area contributed by atoms with Gasteiger partial charge in [-0.1, -0.05) is 38.4 Å². The fourth-order valence-electron chi connectivity index (χ4n) is 1.27. The van der Waals surface area contributed by atoms with E-state index in [1.54, 1.807) is 12.3 Å². The summed E-state index contributed by atoms with van der Waals surface area (Å²) in [4.78, 5) is 11.9. The van der Waals surface area contributed by atoms with Gasteiger partial charge in [0.25, 0.3) is 5.56 Å². The first kappa shape index (κ1) is 14.8. The van der Waals surface area contributed by atoms with E-state index in [1.165, 1.54) is 4.68 Å². The van der Waals surface area contributed by atoms with Crippen molar-refractivity contribution in [2.75, 3.05) is 5.32 Å². The van der Waals surface area contributed by atoms with Crippen molar-refractivity contribution in [3.05, 3.63) is 34.2 Å². The van der Waals surface area contributed by atoms with Crippen molar-refractivity contribution in [1.29, 1.82) is 0 Å². The third-order valence-electron chi connectivity index (χ3n) is 2.96. The van der Waals surface area contributed by atoms with E-state index in [0.717, 1.165) is 0 Å². The number of nitrogens with one attached hydrogen (secondary N) is 1. The molecule has 1 aromatic rings. The summed E-state index contributed by atoms with van der Waals surface area (Å²) >= 11 is 6.06. The molecule has 4 nitrogen and oxygen atoms in total. The predicted molar refractivity (Wildman–Crippen MR) is 76.2 cm³/mol. The van der Waals surface area contributed by atoms with E-state index in [-0.39, 0.29) is 22.0 Å². The van der Waals surface area contributed by atoms with Crippen molar-refractivity contribution in [1.82, 2.24) is 9.78 Å². The molecule has 1 rings (SSSR count). The van der Waals surface area contributed by atoms with E-state index in [9.17, 15) is 4.79 Å². The van der Waals surface area contributed by atoms with Crippen LogP contribution in [0.4, 0.5) is 5.69 Å². The molecule has 1 atom stereocenters. The maximum absolute atomic E-state index is 11.9. The second-order valence-electron chi connectivity index (χ2n) is 5.38. The largest absolute Gasteiger partial charge is 0.379 e. The van der Waals surface area contributed by atoms with Gasteiger partial charge in [0.05, 0.1) is 18.4 Å². The van der Waals surface area contributed by atoms with Gasteiger partial charge in [0.1, 0.15) is 5.02 Å².